The zero-order chi connectivity index (χ0) is 25.0. The molecule has 0 bridgehead atoms. The molecule has 0 amide bonds. The summed E-state index contributed by atoms with van der Waals surface area (Å²) < 4.78 is 16.9. The second-order valence-electron chi connectivity index (χ2n) is 10.5. The van der Waals surface area contributed by atoms with Crippen molar-refractivity contribution in [2.24, 2.45) is 28.6 Å². The summed E-state index contributed by atoms with van der Waals surface area (Å²) in [5, 5.41) is 39.7. The first-order valence-electron chi connectivity index (χ1n) is 11.6. The fraction of sp³-hybridized carbons (Fsp3) is 0.720. The van der Waals surface area contributed by atoms with E-state index in [0.29, 0.717) is 24.8 Å². The van der Waals surface area contributed by atoms with Crippen LogP contribution in [0.25, 0.3) is 0 Å². The number of hydrogen-bond acceptors (Lipinski definition) is 6. The molecule has 8 atom stereocenters. The quantitative estimate of drug-likeness (QED) is 0.502. The number of fused-ring (bicyclic) bond motifs is 5. The summed E-state index contributed by atoms with van der Waals surface area (Å²) in [5.74, 6) is -2.86. The number of hydrogen-bond donors (Lipinski definition) is 4. The fourth-order valence-electron chi connectivity index (χ4n) is 7.26. The van der Waals surface area contributed by atoms with E-state index in [0.717, 1.165) is 0 Å². The van der Waals surface area contributed by atoms with Crippen LogP contribution in [0.2, 0.25) is 0 Å². The highest BCUT2D eigenvalue weighted by molar-refractivity contribution is 6.01. The third-order valence-corrected chi connectivity index (χ3v) is 9.09. The molecular weight excluding hydrogens is 431 g/mol. The van der Waals surface area contributed by atoms with Crippen molar-refractivity contribution in [3.63, 3.8) is 0 Å². The maximum absolute atomic E-state index is 16.9. The summed E-state index contributed by atoms with van der Waals surface area (Å²) in [5.41, 5.74) is -5.17. The topological polar surface area (TPSA) is 132 Å². The van der Waals surface area contributed by atoms with E-state index in [1.54, 1.807) is 33.8 Å². The van der Waals surface area contributed by atoms with Crippen LogP contribution >= 0.6 is 0 Å². The first-order valence-corrected chi connectivity index (χ1v) is 11.6. The van der Waals surface area contributed by atoms with Gasteiger partial charge in [0.2, 0.25) is 0 Å². The normalized spacial score (nSPS) is 45.7. The molecule has 184 valence electrons. The number of allylic oxidation sites excluding steroid dienone is 4. The number of aliphatic hydroxyl groups excluding tert-OH is 2. The van der Waals surface area contributed by atoms with Gasteiger partial charge in [-0.2, -0.15) is 0 Å². The minimum Gasteiger partial charge on any atom is -0.481 e. The Labute approximate surface area is 193 Å². The van der Waals surface area contributed by atoms with Gasteiger partial charge in [0.05, 0.1) is 6.10 Å². The standard InChI is InChI=1S/C22H29FO5.C3H6O2/c1-12-8-16-15-5-4-13-9-14(25)6-7-19(13,2)21(15,23)17(26)10-20(16,3)22(12,28)18(27)11-24;1-2-3(4)5/h6-7,9,12,15-17,24,26,28H,4-5,8,10-11H2,1-3H3;2H2,1H3,(H,4,5)/t12-,15+,16+,17+,19+,20+,21+,22+;/m1./s1. The van der Waals surface area contributed by atoms with Crippen LogP contribution in [0.4, 0.5) is 4.39 Å². The van der Waals surface area contributed by atoms with Crippen LogP contribution in [0.5, 0.6) is 0 Å². The molecule has 33 heavy (non-hydrogen) atoms. The molecule has 0 spiro atoms. The molecule has 0 aromatic heterocycles. The van der Waals surface area contributed by atoms with Gasteiger partial charge < -0.3 is 20.4 Å². The molecule has 0 unspecified atom stereocenters. The van der Waals surface area contributed by atoms with Gasteiger partial charge in [-0.15, -0.1) is 0 Å². The highest BCUT2D eigenvalue weighted by Gasteiger charge is 2.75. The SMILES string of the molecule is CCC(=O)O.C[C@@H]1C[C@H]2[C@@H]3CCC4=CC(=O)C=C[C@]4(C)[C@@]3(F)[C@@H](O)C[C@]2(C)[C@@]1(O)C(=O)CO. The number of carboxylic acids is 1. The highest BCUT2D eigenvalue weighted by Crippen LogP contribution is 2.70. The van der Waals surface area contributed by atoms with Gasteiger partial charge in [-0.1, -0.05) is 32.4 Å². The van der Waals surface area contributed by atoms with Crippen molar-refractivity contribution in [1.29, 1.82) is 0 Å². The van der Waals surface area contributed by atoms with E-state index in [2.05, 4.69) is 0 Å². The highest BCUT2D eigenvalue weighted by atomic mass is 19.1. The fourth-order valence-corrected chi connectivity index (χ4v) is 7.26. The zero-order valence-electron chi connectivity index (χ0n) is 19.7. The van der Waals surface area contributed by atoms with E-state index >= 15 is 4.39 Å². The Morgan fingerprint density at radius 2 is 1.85 bits per heavy atom. The first kappa shape index (κ1) is 25.7. The van der Waals surface area contributed by atoms with Crippen molar-refractivity contribution in [2.75, 3.05) is 6.61 Å². The second-order valence-corrected chi connectivity index (χ2v) is 10.5. The van der Waals surface area contributed by atoms with Crippen molar-refractivity contribution < 1.29 is 39.2 Å². The number of carbonyl (C=O) groups is 3. The van der Waals surface area contributed by atoms with Crippen molar-refractivity contribution in [3.8, 4) is 0 Å². The lowest BCUT2D eigenvalue weighted by Gasteiger charge is -2.62. The van der Waals surface area contributed by atoms with Gasteiger partial charge in [0.1, 0.15) is 12.2 Å². The number of Topliss-reactive ketones (excluding diaryl/α,β-unsaturated/α-hetero) is 1. The van der Waals surface area contributed by atoms with Gasteiger partial charge in [-0.3, -0.25) is 14.4 Å². The molecule has 0 heterocycles. The third kappa shape index (κ3) is 3.36. The predicted octanol–water partition coefficient (Wildman–Crippen LogP) is 2.38. The lowest BCUT2D eigenvalue weighted by molar-refractivity contribution is -0.219. The minimum absolute atomic E-state index is 0.0676. The molecule has 0 saturated heterocycles. The van der Waals surface area contributed by atoms with E-state index in [1.165, 1.54) is 12.2 Å². The first-order chi connectivity index (χ1) is 15.2. The number of alkyl halides is 1. The van der Waals surface area contributed by atoms with Crippen molar-refractivity contribution in [1.82, 2.24) is 0 Å². The molecule has 4 N–H and O–H groups in total. The predicted molar refractivity (Wildman–Crippen MR) is 118 cm³/mol. The van der Waals surface area contributed by atoms with Gasteiger partial charge in [-0.25, -0.2) is 4.39 Å². The van der Waals surface area contributed by atoms with E-state index in [4.69, 9.17) is 5.11 Å². The van der Waals surface area contributed by atoms with E-state index in [-0.39, 0.29) is 24.5 Å². The summed E-state index contributed by atoms with van der Waals surface area (Å²) in [6.45, 7) is 6.08. The molecule has 0 aromatic carbocycles. The Balaban J connectivity index is 0.000000555. The summed E-state index contributed by atoms with van der Waals surface area (Å²) in [7, 11) is 0. The van der Waals surface area contributed by atoms with Gasteiger partial charge in [-0.05, 0) is 56.6 Å². The van der Waals surface area contributed by atoms with E-state index < -0.39 is 58.4 Å². The largest absolute Gasteiger partial charge is 0.481 e. The summed E-state index contributed by atoms with van der Waals surface area (Å²) >= 11 is 0. The summed E-state index contributed by atoms with van der Waals surface area (Å²) in [4.78, 5) is 33.7. The molecule has 3 fully saturated rings. The summed E-state index contributed by atoms with van der Waals surface area (Å²) in [6, 6.07) is 0. The molecule has 0 aromatic rings. The molecular formula is C25H35FO7. The van der Waals surface area contributed by atoms with Gasteiger partial charge in [0.25, 0.3) is 0 Å². The van der Waals surface area contributed by atoms with Gasteiger partial charge in [0, 0.05) is 23.2 Å². The Morgan fingerprint density at radius 3 is 2.39 bits per heavy atom. The number of rotatable bonds is 3. The maximum Gasteiger partial charge on any atom is 0.303 e. The number of aliphatic hydroxyl groups is 3. The Hall–Kier alpha value is -1.90. The van der Waals surface area contributed by atoms with Crippen LogP contribution in [-0.4, -0.2) is 61.9 Å². The number of aliphatic carboxylic acids is 1. The lowest BCUT2D eigenvalue weighted by atomic mass is 9.44. The molecule has 7 nitrogen and oxygen atoms in total. The molecule has 3 saturated carbocycles. The zero-order valence-corrected chi connectivity index (χ0v) is 19.7. The van der Waals surface area contributed by atoms with Crippen LogP contribution in [0.1, 0.15) is 59.8 Å². The lowest BCUT2D eigenvalue weighted by Crippen LogP contribution is -2.69. The molecule has 0 radical (unpaired) electrons. The van der Waals surface area contributed by atoms with Gasteiger partial charge >= 0.3 is 5.97 Å². The van der Waals surface area contributed by atoms with Crippen LogP contribution in [0.15, 0.2) is 23.8 Å². The number of ketones is 2. The van der Waals surface area contributed by atoms with Crippen LogP contribution in [-0.2, 0) is 14.4 Å². The Morgan fingerprint density at radius 1 is 1.24 bits per heavy atom. The average Bonchev–Trinajstić information content (AvgIpc) is 2.96. The maximum atomic E-state index is 16.9. The van der Waals surface area contributed by atoms with Crippen LogP contribution in [0, 0.1) is 28.6 Å². The van der Waals surface area contributed by atoms with Crippen molar-refractivity contribution in [3.05, 3.63) is 23.8 Å². The number of carboxylic acid groups (broad SMARTS) is 1. The van der Waals surface area contributed by atoms with Crippen molar-refractivity contribution in [2.45, 2.75) is 77.2 Å². The molecule has 4 rings (SSSR count). The Kier molecular flexibility index (Phi) is 6.54. The smallest absolute Gasteiger partial charge is 0.303 e. The molecule has 8 heteroatoms. The van der Waals surface area contributed by atoms with Crippen LogP contribution < -0.4 is 0 Å². The summed E-state index contributed by atoms with van der Waals surface area (Å²) in [6.07, 6.45) is 4.66. The van der Waals surface area contributed by atoms with Crippen LogP contribution in [0.3, 0.4) is 0 Å². The molecule has 4 aliphatic rings. The Bertz CT molecular complexity index is 912. The molecule has 4 aliphatic carbocycles. The van der Waals surface area contributed by atoms with Crippen molar-refractivity contribution >= 4 is 17.5 Å². The van der Waals surface area contributed by atoms with E-state index in [1.807, 2.05) is 0 Å². The molecule has 0 aliphatic heterocycles. The third-order valence-electron chi connectivity index (χ3n) is 9.09. The second kappa shape index (κ2) is 8.40. The van der Waals surface area contributed by atoms with E-state index in [9.17, 15) is 29.7 Å². The average molecular weight is 467 g/mol. The number of halogens is 1. The monoisotopic (exact) mass is 466 g/mol. The van der Waals surface area contributed by atoms with Gasteiger partial charge in [0.15, 0.2) is 17.2 Å². The number of carbonyl (C=O) groups excluding carboxylic acids is 2. The minimum atomic E-state index is -1.98.